The Hall–Kier alpha value is -0.820. The van der Waals surface area contributed by atoms with Crippen LogP contribution in [0, 0.1) is 0 Å². The first-order chi connectivity index (χ1) is 8.36. The van der Waals surface area contributed by atoms with Gasteiger partial charge in [0.2, 0.25) is 5.91 Å². The molecule has 0 spiro atoms. The van der Waals surface area contributed by atoms with Crippen LogP contribution in [0.2, 0.25) is 0 Å². The van der Waals surface area contributed by atoms with Crippen LogP contribution < -0.4 is 5.73 Å². The topological polar surface area (TPSA) is 55.6 Å². The van der Waals surface area contributed by atoms with E-state index in [1.807, 2.05) is 6.92 Å². The van der Waals surface area contributed by atoms with Crippen LogP contribution in [0.3, 0.4) is 0 Å². The highest BCUT2D eigenvalue weighted by molar-refractivity contribution is 5.78. The lowest BCUT2D eigenvalue weighted by Crippen LogP contribution is -2.57. The number of amides is 1. The van der Waals surface area contributed by atoms with E-state index in [-0.39, 0.29) is 26.0 Å². The molecule has 1 amide bonds. The van der Waals surface area contributed by atoms with Gasteiger partial charge in [0.15, 0.2) is 0 Å². The number of nitrogens with two attached hydrogens (primary N) is 1. The van der Waals surface area contributed by atoms with Crippen LogP contribution in [0.15, 0.2) is 0 Å². The molecule has 7 heteroatoms. The minimum absolute atomic E-state index is 0.0570. The summed E-state index contributed by atoms with van der Waals surface area (Å²) in [6.07, 6.45) is -3.54. The molecule has 0 aromatic carbocycles. The fourth-order valence-corrected chi connectivity index (χ4v) is 2.00. The second-order valence-electron chi connectivity index (χ2n) is 4.49. The predicted octanol–water partition coefficient (Wildman–Crippen LogP) is 1.29. The van der Waals surface area contributed by atoms with E-state index in [1.165, 1.54) is 0 Å². The molecule has 106 valence electrons. The Morgan fingerprint density at radius 2 is 2.11 bits per heavy atom. The Labute approximate surface area is 104 Å². The number of ether oxygens (including phenoxy) is 1. The third-order valence-electron chi connectivity index (χ3n) is 2.89. The number of hydrogen-bond acceptors (Lipinski definition) is 3. The van der Waals surface area contributed by atoms with Crippen molar-refractivity contribution in [2.75, 3.05) is 19.8 Å². The predicted molar refractivity (Wildman–Crippen MR) is 59.9 cm³/mol. The van der Waals surface area contributed by atoms with Crippen LogP contribution >= 0.6 is 0 Å². The fourth-order valence-electron chi connectivity index (χ4n) is 2.00. The zero-order valence-corrected chi connectivity index (χ0v) is 10.4. The third kappa shape index (κ3) is 4.13. The van der Waals surface area contributed by atoms with Crippen molar-refractivity contribution in [2.45, 2.75) is 44.4 Å². The van der Waals surface area contributed by atoms with Gasteiger partial charge >= 0.3 is 6.18 Å². The van der Waals surface area contributed by atoms with Gasteiger partial charge in [-0.25, -0.2) is 0 Å². The summed E-state index contributed by atoms with van der Waals surface area (Å²) in [5.74, 6) is -0.638. The van der Waals surface area contributed by atoms with E-state index < -0.39 is 24.2 Å². The van der Waals surface area contributed by atoms with Crippen molar-refractivity contribution in [1.29, 1.82) is 0 Å². The van der Waals surface area contributed by atoms with Crippen LogP contribution in [-0.4, -0.2) is 48.8 Å². The fraction of sp³-hybridized carbons (Fsp3) is 0.909. The monoisotopic (exact) mass is 268 g/mol. The number of hydrogen-bond donors (Lipinski definition) is 1. The molecule has 2 N–H and O–H groups in total. The van der Waals surface area contributed by atoms with Gasteiger partial charge in [-0.3, -0.25) is 4.79 Å². The molecule has 0 aliphatic carbocycles. The molecule has 0 radical (unpaired) electrons. The van der Waals surface area contributed by atoms with E-state index in [9.17, 15) is 18.0 Å². The quantitative estimate of drug-likeness (QED) is 0.782. The molecule has 18 heavy (non-hydrogen) atoms. The summed E-state index contributed by atoms with van der Waals surface area (Å²) in [4.78, 5) is 12.5. The average Bonchev–Trinajstić information content (AvgIpc) is 2.27. The van der Waals surface area contributed by atoms with Crippen molar-refractivity contribution in [3.63, 3.8) is 0 Å². The maximum absolute atomic E-state index is 12.8. The van der Waals surface area contributed by atoms with Crippen LogP contribution in [-0.2, 0) is 9.53 Å². The molecule has 1 aliphatic heterocycles. The van der Waals surface area contributed by atoms with Crippen molar-refractivity contribution in [3.8, 4) is 0 Å². The van der Waals surface area contributed by atoms with Gasteiger partial charge in [-0.1, -0.05) is 6.92 Å². The van der Waals surface area contributed by atoms with Crippen molar-refractivity contribution in [1.82, 2.24) is 4.90 Å². The van der Waals surface area contributed by atoms with E-state index in [4.69, 9.17) is 10.5 Å². The van der Waals surface area contributed by atoms with E-state index in [2.05, 4.69) is 0 Å². The Kier molecular flexibility index (Phi) is 5.40. The number of likely N-dealkylation sites (tertiary alicyclic amines) is 1. The number of alkyl halides is 3. The number of nitrogens with zero attached hydrogens (tertiary/aromatic N) is 1. The number of carbonyl (C=O) groups excluding carboxylic acids is 1. The lowest BCUT2D eigenvalue weighted by Gasteiger charge is -2.39. The lowest BCUT2D eigenvalue weighted by molar-refractivity contribution is -0.198. The van der Waals surface area contributed by atoms with Gasteiger partial charge < -0.3 is 15.4 Å². The van der Waals surface area contributed by atoms with Gasteiger partial charge in [0, 0.05) is 19.2 Å². The molecule has 1 fully saturated rings. The smallest absolute Gasteiger partial charge is 0.372 e. The molecule has 0 aromatic rings. The number of rotatable bonds is 4. The van der Waals surface area contributed by atoms with Crippen LogP contribution in [0.1, 0.15) is 26.2 Å². The summed E-state index contributed by atoms with van der Waals surface area (Å²) in [5, 5.41) is 0. The van der Waals surface area contributed by atoms with Gasteiger partial charge in [-0.05, 0) is 19.3 Å². The summed E-state index contributed by atoms with van der Waals surface area (Å²) in [6.45, 7) is 1.85. The molecule has 1 aliphatic rings. The summed E-state index contributed by atoms with van der Waals surface area (Å²) in [6, 6.07) is -2.12. The average molecular weight is 268 g/mol. The standard InChI is InChI=1S/C11H19F3N2O2/c1-2-5-18-7-10(17)16-6-8(15)3-4-9(16)11(12,13)14/h8-9H,2-7,15H2,1H3/t8-,9-/m1/s1. The van der Waals surface area contributed by atoms with Gasteiger partial charge in [0.05, 0.1) is 0 Å². The molecule has 1 rings (SSSR count). The van der Waals surface area contributed by atoms with Crippen LogP contribution in [0.25, 0.3) is 0 Å². The number of piperidine rings is 1. The maximum Gasteiger partial charge on any atom is 0.408 e. The van der Waals surface area contributed by atoms with Gasteiger partial charge in [-0.15, -0.1) is 0 Å². The molecule has 1 saturated heterocycles. The van der Waals surface area contributed by atoms with Crippen LogP contribution in [0.4, 0.5) is 13.2 Å². The largest absolute Gasteiger partial charge is 0.408 e. The van der Waals surface area contributed by atoms with E-state index in [1.54, 1.807) is 0 Å². The normalized spacial score (nSPS) is 25.3. The van der Waals surface area contributed by atoms with Crippen molar-refractivity contribution < 1.29 is 22.7 Å². The maximum atomic E-state index is 12.8. The molecule has 0 aromatic heterocycles. The molecule has 0 saturated carbocycles. The minimum Gasteiger partial charge on any atom is -0.372 e. The Morgan fingerprint density at radius 1 is 1.44 bits per heavy atom. The molecule has 1 heterocycles. The van der Waals surface area contributed by atoms with E-state index >= 15 is 0 Å². The van der Waals surface area contributed by atoms with Gasteiger partial charge in [-0.2, -0.15) is 13.2 Å². The molecule has 0 unspecified atom stereocenters. The highest BCUT2D eigenvalue weighted by Gasteiger charge is 2.47. The van der Waals surface area contributed by atoms with Gasteiger partial charge in [0.25, 0.3) is 0 Å². The van der Waals surface area contributed by atoms with Crippen LogP contribution in [0.5, 0.6) is 0 Å². The Balaban J connectivity index is 2.64. The van der Waals surface area contributed by atoms with Crippen molar-refractivity contribution >= 4 is 5.91 Å². The summed E-state index contributed by atoms with van der Waals surface area (Å²) in [5.41, 5.74) is 5.62. The zero-order valence-electron chi connectivity index (χ0n) is 10.4. The second-order valence-corrected chi connectivity index (χ2v) is 4.49. The summed E-state index contributed by atoms with van der Waals surface area (Å²) in [7, 11) is 0. The number of halogens is 3. The highest BCUT2D eigenvalue weighted by atomic mass is 19.4. The lowest BCUT2D eigenvalue weighted by atomic mass is 9.98. The van der Waals surface area contributed by atoms with Crippen molar-refractivity contribution in [2.24, 2.45) is 5.73 Å². The van der Waals surface area contributed by atoms with E-state index in [0.29, 0.717) is 6.61 Å². The Morgan fingerprint density at radius 3 is 2.67 bits per heavy atom. The third-order valence-corrected chi connectivity index (χ3v) is 2.89. The molecular formula is C11H19F3N2O2. The first-order valence-electron chi connectivity index (χ1n) is 6.05. The second kappa shape index (κ2) is 6.38. The first kappa shape index (κ1) is 15.2. The first-order valence-corrected chi connectivity index (χ1v) is 6.05. The molecular weight excluding hydrogens is 249 g/mol. The van der Waals surface area contributed by atoms with Crippen molar-refractivity contribution in [3.05, 3.63) is 0 Å². The summed E-state index contributed by atoms with van der Waals surface area (Å²) >= 11 is 0. The highest BCUT2D eigenvalue weighted by Crippen LogP contribution is 2.31. The zero-order chi connectivity index (χ0) is 13.8. The molecule has 2 atom stereocenters. The SMILES string of the molecule is CCCOCC(=O)N1C[C@H](N)CC[C@@H]1C(F)(F)F. The van der Waals surface area contributed by atoms with Gasteiger partial charge in [0.1, 0.15) is 12.6 Å². The molecule has 4 nitrogen and oxygen atoms in total. The minimum atomic E-state index is -4.40. The number of carbonyl (C=O) groups is 1. The molecule has 0 bridgehead atoms. The van der Waals surface area contributed by atoms with E-state index in [0.717, 1.165) is 11.3 Å². The summed E-state index contributed by atoms with van der Waals surface area (Å²) < 4.78 is 43.4. The Bertz CT molecular complexity index is 284.